The van der Waals surface area contributed by atoms with Crippen molar-refractivity contribution in [2.75, 3.05) is 6.61 Å². The predicted octanol–water partition coefficient (Wildman–Crippen LogP) is 5.22. The summed E-state index contributed by atoms with van der Waals surface area (Å²) < 4.78 is 7.48. The van der Waals surface area contributed by atoms with Crippen molar-refractivity contribution in [1.29, 1.82) is 0 Å². The summed E-state index contributed by atoms with van der Waals surface area (Å²) in [5.41, 5.74) is 0. The summed E-state index contributed by atoms with van der Waals surface area (Å²) in [4.78, 5) is 7.36. The molecule has 0 heterocycles. The monoisotopic (exact) mass is 364 g/mol. The van der Waals surface area contributed by atoms with Gasteiger partial charge in [0, 0.05) is 0 Å². The Balaban J connectivity index is 5.66. The van der Waals surface area contributed by atoms with Gasteiger partial charge in [-0.3, -0.25) is 0 Å². The molecule has 0 spiro atoms. The Bertz CT molecular complexity index is 292. The molecule has 0 aliphatic heterocycles. The third-order valence-corrected chi connectivity index (χ3v) is 16.1. The molecule has 0 saturated carbocycles. The minimum atomic E-state index is -2.12. The molecule has 0 rings (SSSR count). The van der Waals surface area contributed by atoms with Crippen LogP contribution in [-0.4, -0.2) is 33.1 Å². The van der Waals surface area contributed by atoms with E-state index in [0.717, 1.165) is 6.61 Å². The van der Waals surface area contributed by atoms with Crippen LogP contribution < -0.4 is 0 Å². The Hall–Kier alpha value is 0.556. The van der Waals surface area contributed by atoms with E-state index in [9.17, 15) is 0 Å². The first-order valence-corrected chi connectivity index (χ1v) is 19.7. The molecule has 17 heavy (non-hydrogen) atoms. The minimum absolute atomic E-state index is 0.399. The van der Waals surface area contributed by atoms with E-state index in [4.69, 9.17) is 4.74 Å². The summed E-state index contributed by atoms with van der Waals surface area (Å²) in [7, 11) is -1.41. The Morgan fingerprint density at radius 1 is 1.12 bits per heavy atom. The average Bonchev–Trinajstić information content (AvgIpc) is 2.09. The van der Waals surface area contributed by atoms with Crippen LogP contribution in [0.2, 0.25) is 33.0 Å². The van der Waals surface area contributed by atoms with Crippen molar-refractivity contribution < 1.29 is 4.74 Å². The fourth-order valence-electron chi connectivity index (χ4n) is 1.88. The van der Waals surface area contributed by atoms with Crippen LogP contribution in [0.1, 0.15) is 34.6 Å². The van der Waals surface area contributed by atoms with Crippen molar-refractivity contribution in [3.8, 4) is 0 Å². The maximum atomic E-state index is 6.06. The zero-order chi connectivity index (χ0) is 14.1. The molecule has 0 aromatic heterocycles. The maximum absolute atomic E-state index is 6.06. The molecule has 0 aromatic rings. The second-order valence-electron chi connectivity index (χ2n) is 7.51. The molecule has 0 aromatic carbocycles. The molecule has 0 aliphatic rings. The fourth-order valence-corrected chi connectivity index (χ4v) is 13.7. The van der Waals surface area contributed by atoms with Crippen molar-refractivity contribution in [2.24, 2.45) is 0 Å². The van der Waals surface area contributed by atoms with Crippen LogP contribution in [0.4, 0.5) is 0 Å². The van der Waals surface area contributed by atoms with Crippen molar-refractivity contribution in [3.63, 3.8) is 0 Å². The molecule has 0 amide bonds. The van der Waals surface area contributed by atoms with Gasteiger partial charge in [-0.25, -0.2) is 0 Å². The van der Waals surface area contributed by atoms with Crippen LogP contribution in [0, 0.1) is 0 Å². The first-order valence-electron chi connectivity index (χ1n) is 6.70. The van der Waals surface area contributed by atoms with E-state index in [1.54, 1.807) is 5.20 Å². The fraction of sp³-hybridized carbons (Fsp3) is 0.857. The van der Waals surface area contributed by atoms with Crippen molar-refractivity contribution >= 4 is 26.5 Å². The number of ether oxygens (including phenoxy) is 1. The van der Waals surface area contributed by atoms with Gasteiger partial charge in [0.2, 0.25) is 0 Å². The van der Waals surface area contributed by atoms with Crippen molar-refractivity contribution in [1.82, 2.24) is 0 Å². The first kappa shape index (κ1) is 17.6. The normalized spacial score (nSPS) is 15.6. The molecular formula is C14H32OSiSn. The summed E-state index contributed by atoms with van der Waals surface area (Å²) in [6, 6.07) is 0. The number of rotatable bonds is 4. The number of allylic oxidation sites excluding steroid dienone is 1. The topological polar surface area (TPSA) is 9.23 Å². The molecule has 102 valence electrons. The predicted molar refractivity (Wildman–Crippen MR) is 84.9 cm³/mol. The molecule has 0 unspecified atom stereocenters. The molecule has 1 nitrogen and oxygen atoms in total. The number of hydrogen-bond donors (Lipinski definition) is 0. The molecule has 0 bridgehead atoms. The third kappa shape index (κ3) is 4.30. The van der Waals surface area contributed by atoms with Crippen LogP contribution in [0.5, 0.6) is 0 Å². The van der Waals surface area contributed by atoms with E-state index in [1.165, 1.54) is 3.78 Å². The molecule has 3 heteroatoms. The van der Waals surface area contributed by atoms with E-state index in [0.29, 0.717) is 5.04 Å². The summed E-state index contributed by atoms with van der Waals surface area (Å²) in [6.07, 6.45) is 0. The molecule has 0 atom stereocenters. The van der Waals surface area contributed by atoms with Crippen LogP contribution in [0.25, 0.3) is 0 Å². The van der Waals surface area contributed by atoms with Crippen LogP contribution in [0.15, 0.2) is 8.97 Å². The summed E-state index contributed by atoms with van der Waals surface area (Å²) in [5.74, 6) is 0. The van der Waals surface area contributed by atoms with E-state index in [-0.39, 0.29) is 0 Å². The Kier molecular flexibility index (Phi) is 5.87. The van der Waals surface area contributed by atoms with E-state index >= 15 is 0 Å². The standard InChI is InChI=1S/C11H23OSi.3CH3.Sn/c1-8-12-9-10(2)13(6,7)11(3,4)5;;;;/h8H2,1-7H3;3*1H3;. The van der Waals surface area contributed by atoms with Gasteiger partial charge in [0.05, 0.1) is 0 Å². The van der Waals surface area contributed by atoms with Crippen LogP contribution in [0.3, 0.4) is 0 Å². The van der Waals surface area contributed by atoms with E-state index in [1.807, 2.05) is 0 Å². The molecular weight excluding hydrogens is 331 g/mol. The van der Waals surface area contributed by atoms with Crippen molar-refractivity contribution in [3.05, 3.63) is 8.97 Å². The van der Waals surface area contributed by atoms with Gasteiger partial charge in [-0.2, -0.15) is 0 Å². The summed E-state index contributed by atoms with van der Waals surface area (Å²) in [6.45, 7) is 17.4. The third-order valence-electron chi connectivity index (χ3n) is 4.12. The van der Waals surface area contributed by atoms with Gasteiger partial charge < -0.3 is 0 Å². The SMILES string of the molecule is CCO/[C](=C(\C)[Si](C)(C)C(C)(C)C)[Sn]([CH3])([CH3])[CH3]. The zero-order valence-electron chi connectivity index (χ0n) is 13.6. The van der Waals surface area contributed by atoms with Gasteiger partial charge in [-0.05, 0) is 0 Å². The van der Waals surface area contributed by atoms with Gasteiger partial charge in [0.1, 0.15) is 0 Å². The van der Waals surface area contributed by atoms with Gasteiger partial charge >= 0.3 is 114 Å². The summed E-state index contributed by atoms with van der Waals surface area (Å²) >= 11 is -2.12. The molecule has 0 fully saturated rings. The molecule has 0 saturated heterocycles. The Morgan fingerprint density at radius 2 is 1.53 bits per heavy atom. The van der Waals surface area contributed by atoms with Gasteiger partial charge in [0.15, 0.2) is 0 Å². The van der Waals surface area contributed by atoms with E-state index < -0.39 is 26.5 Å². The quantitative estimate of drug-likeness (QED) is 0.491. The average molecular weight is 363 g/mol. The zero-order valence-corrected chi connectivity index (χ0v) is 17.5. The Morgan fingerprint density at radius 3 is 1.76 bits per heavy atom. The second kappa shape index (κ2) is 5.68. The van der Waals surface area contributed by atoms with E-state index in [2.05, 4.69) is 62.5 Å². The summed E-state index contributed by atoms with van der Waals surface area (Å²) in [5, 5.41) is 2.01. The van der Waals surface area contributed by atoms with Gasteiger partial charge in [-0.1, -0.05) is 0 Å². The van der Waals surface area contributed by atoms with Crippen LogP contribution >= 0.6 is 0 Å². The first-order chi connectivity index (χ1) is 7.35. The molecule has 0 N–H and O–H groups in total. The van der Waals surface area contributed by atoms with Gasteiger partial charge in [0.25, 0.3) is 0 Å². The second-order valence-corrected chi connectivity index (χ2v) is 27.2. The Labute approximate surface area is 114 Å². The molecule has 0 radical (unpaired) electrons. The van der Waals surface area contributed by atoms with Crippen LogP contribution in [-0.2, 0) is 4.74 Å². The number of hydrogen-bond acceptors (Lipinski definition) is 1. The molecule has 0 aliphatic carbocycles. The van der Waals surface area contributed by atoms with Crippen molar-refractivity contribution in [2.45, 2.75) is 67.6 Å². The van der Waals surface area contributed by atoms with Gasteiger partial charge in [-0.15, -0.1) is 0 Å².